The lowest BCUT2D eigenvalue weighted by atomic mass is 10.0. The van der Waals surface area contributed by atoms with Crippen LogP contribution >= 0.6 is 11.6 Å². The second-order valence-electron chi connectivity index (χ2n) is 7.54. The van der Waals surface area contributed by atoms with Gasteiger partial charge in [0.1, 0.15) is 12.1 Å². The maximum absolute atomic E-state index is 13.7. The SMILES string of the molecule is Cc1ccc(F)cc1S(=O)(=O)Nc1cc(-c2coc3ncc(-c4ccncc4)cc23)cnc1Cl. The lowest BCUT2D eigenvalue weighted by molar-refractivity contribution is 0.594. The highest BCUT2D eigenvalue weighted by Crippen LogP contribution is 2.35. The van der Waals surface area contributed by atoms with Crippen molar-refractivity contribution in [3.05, 3.63) is 90.0 Å². The third-order valence-electron chi connectivity index (χ3n) is 5.28. The van der Waals surface area contributed by atoms with Crippen molar-refractivity contribution >= 4 is 38.4 Å². The molecule has 0 amide bonds. The standard InChI is InChI=1S/C24H16ClFN4O3S/c1-14-2-3-18(26)10-22(14)34(31,32)30-21-9-17(12-28-23(21)25)20-13-33-24-19(20)8-16(11-29-24)15-4-6-27-7-5-15/h2-13,30H,1H3. The van der Waals surface area contributed by atoms with Gasteiger partial charge in [0.2, 0.25) is 5.71 Å². The van der Waals surface area contributed by atoms with E-state index in [2.05, 4.69) is 19.7 Å². The van der Waals surface area contributed by atoms with Gasteiger partial charge in [0.15, 0.2) is 5.15 Å². The van der Waals surface area contributed by atoms with Gasteiger partial charge in [0.05, 0.1) is 10.6 Å². The molecule has 10 heteroatoms. The molecule has 1 N–H and O–H groups in total. The summed E-state index contributed by atoms with van der Waals surface area (Å²) in [4.78, 5) is 12.4. The van der Waals surface area contributed by atoms with Crippen LogP contribution in [0.15, 0.2) is 82.8 Å². The Balaban J connectivity index is 1.56. The first-order chi connectivity index (χ1) is 16.3. The number of pyridine rings is 3. The summed E-state index contributed by atoms with van der Waals surface area (Å²) in [5, 5.41) is 0.665. The summed E-state index contributed by atoms with van der Waals surface area (Å²) in [6.45, 7) is 1.58. The molecule has 5 rings (SSSR count). The highest BCUT2D eigenvalue weighted by Gasteiger charge is 2.21. The first kappa shape index (κ1) is 22.0. The van der Waals surface area contributed by atoms with Gasteiger partial charge < -0.3 is 4.42 Å². The van der Waals surface area contributed by atoms with Crippen molar-refractivity contribution in [2.24, 2.45) is 0 Å². The van der Waals surface area contributed by atoms with Crippen LogP contribution in [0.3, 0.4) is 0 Å². The third-order valence-corrected chi connectivity index (χ3v) is 7.09. The van der Waals surface area contributed by atoms with Gasteiger partial charge >= 0.3 is 0 Å². The van der Waals surface area contributed by atoms with E-state index in [1.54, 1.807) is 31.6 Å². The number of hydrogen-bond donors (Lipinski definition) is 1. The second-order valence-corrected chi connectivity index (χ2v) is 9.55. The van der Waals surface area contributed by atoms with Crippen LogP contribution in [-0.4, -0.2) is 23.4 Å². The molecule has 0 saturated heterocycles. The van der Waals surface area contributed by atoms with Crippen LogP contribution in [0.25, 0.3) is 33.4 Å². The molecule has 0 aliphatic rings. The molecule has 0 unspecified atom stereocenters. The number of halogens is 2. The van der Waals surface area contributed by atoms with Gasteiger partial charge in [-0.05, 0) is 54.4 Å². The summed E-state index contributed by atoms with van der Waals surface area (Å²) in [6, 6.07) is 10.8. The van der Waals surface area contributed by atoms with Crippen LogP contribution in [0.1, 0.15) is 5.56 Å². The normalized spacial score (nSPS) is 11.6. The number of rotatable bonds is 5. The smallest absolute Gasteiger partial charge is 0.262 e. The first-order valence-corrected chi connectivity index (χ1v) is 11.9. The zero-order chi connectivity index (χ0) is 23.9. The van der Waals surface area contributed by atoms with E-state index in [9.17, 15) is 12.8 Å². The summed E-state index contributed by atoms with van der Waals surface area (Å²) >= 11 is 6.19. The third kappa shape index (κ3) is 4.11. The molecule has 7 nitrogen and oxygen atoms in total. The molecule has 170 valence electrons. The Bertz CT molecular complexity index is 1640. The number of aromatic nitrogens is 3. The molecule has 0 aliphatic heterocycles. The molecular formula is C24H16ClFN4O3S. The predicted octanol–water partition coefficient (Wildman–Crippen LogP) is 5.85. The Hall–Kier alpha value is -3.82. The quantitative estimate of drug-likeness (QED) is 0.307. The predicted molar refractivity (Wildman–Crippen MR) is 127 cm³/mol. The Morgan fingerprint density at radius 2 is 1.74 bits per heavy atom. The van der Waals surface area contributed by atoms with Crippen LogP contribution in [-0.2, 0) is 10.0 Å². The second kappa shape index (κ2) is 8.51. The first-order valence-electron chi connectivity index (χ1n) is 10.0. The van der Waals surface area contributed by atoms with Crippen molar-refractivity contribution in [1.29, 1.82) is 0 Å². The Morgan fingerprint density at radius 3 is 2.53 bits per heavy atom. The Labute approximate surface area is 199 Å². The van der Waals surface area contributed by atoms with E-state index in [0.29, 0.717) is 27.8 Å². The number of sulfonamides is 1. The maximum atomic E-state index is 13.7. The van der Waals surface area contributed by atoms with Gasteiger partial charge in [-0.1, -0.05) is 17.7 Å². The molecule has 0 radical (unpaired) electrons. The highest BCUT2D eigenvalue weighted by molar-refractivity contribution is 7.92. The molecule has 0 aliphatic carbocycles. The number of hydrogen-bond acceptors (Lipinski definition) is 6. The molecule has 0 fully saturated rings. The van der Waals surface area contributed by atoms with Crippen LogP contribution in [0.5, 0.6) is 0 Å². The van der Waals surface area contributed by atoms with Gasteiger partial charge in [-0.15, -0.1) is 0 Å². The molecule has 1 aromatic carbocycles. The fourth-order valence-electron chi connectivity index (χ4n) is 3.57. The van der Waals surface area contributed by atoms with E-state index in [4.69, 9.17) is 16.0 Å². The molecule has 4 heterocycles. The van der Waals surface area contributed by atoms with E-state index in [1.165, 1.54) is 24.6 Å². The minimum Gasteiger partial charge on any atom is -0.445 e. The van der Waals surface area contributed by atoms with E-state index >= 15 is 0 Å². The summed E-state index contributed by atoms with van der Waals surface area (Å²) < 4.78 is 47.6. The number of fused-ring (bicyclic) bond motifs is 1. The van der Waals surface area contributed by atoms with Gasteiger partial charge in [-0.3, -0.25) is 9.71 Å². The molecular weight excluding hydrogens is 479 g/mol. The molecule has 0 saturated carbocycles. The summed E-state index contributed by atoms with van der Waals surface area (Å²) in [5.41, 5.74) is 3.88. The summed E-state index contributed by atoms with van der Waals surface area (Å²) in [6.07, 6.45) is 8.12. The molecule has 0 spiro atoms. The molecule has 4 aromatic heterocycles. The number of nitrogens with zero attached hydrogens (tertiary/aromatic N) is 3. The van der Waals surface area contributed by atoms with E-state index in [0.717, 1.165) is 17.2 Å². The molecule has 0 bridgehead atoms. The maximum Gasteiger partial charge on any atom is 0.262 e. The van der Waals surface area contributed by atoms with Crippen molar-refractivity contribution in [3.8, 4) is 22.3 Å². The fourth-order valence-corrected chi connectivity index (χ4v) is 5.09. The van der Waals surface area contributed by atoms with Gasteiger partial charge in [0.25, 0.3) is 10.0 Å². The van der Waals surface area contributed by atoms with Gasteiger partial charge in [0, 0.05) is 46.9 Å². The summed E-state index contributed by atoms with van der Waals surface area (Å²) in [5.74, 6) is -0.661. The van der Waals surface area contributed by atoms with Crippen molar-refractivity contribution in [2.75, 3.05) is 4.72 Å². The lowest BCUT2D eigenvalue weighted by Crippen LogP contribution is -2.15. The van der Waals surface area contributed by atoms with Crippen LogP contribution in [0.2, 0.25) is 5.15 Å². The average molecular weight is 495 g/mol. The summed E-state index contributed by atoms with van der Waals surface area (Å²) in [7, 11) is -4.12. The Kier molecular flexibility index (Phi) is 5.51. The van der Waals surface area contributed by atoms with Crippen LogP contribution in [0, 0.1) is 12.7 Å². The van der Waals surface area contributed by atoms with Gasteiger partial charge in [-0.2, -0.15) is 0 Å². The zero-order valence-electron chi connectivity index (χ0n) is 17.7. The topological polar surface area (TPSA) is 98.0 Å². The average Bonchev–Trinajstić information content (AvgIpc) is 3.26. The van der Waals surface area contributed by atoms with Crippen molar-refractivity contribution in [3.63, 3.8) is 0 Å². The number of furan rings is 1. The van der Waals surface area contributed by atoms with Crippen LogP contribution in [0.4, 0.5) is 10.1 Å². The fraction of sp³-hybridized carbons (Fsp3) is 0.0417. The molecule has 0 atom stereocenters. The largest absolute Gasteiger partial charge is 0.445 e. The Morgan fingerprint density at radius 1 is 0.971 bits per heavy atom. The van der Waals surface area contributed by atoms with E-state index in [-0.39, 0.29) is 15.7 Å². The lowest BCUT2D eigenvalue weighted by Gasteiger charge is -2.12. The number of aryl methyl sites for hydroxylation is 1. The number of benzene rings is 1. The highest BCUT2D eigenvalue weighted by atomic mass is 35.5. The van der Waals surface area contributed by atoms with Crippen molar-refractivity contribution < 1.29 is 17.2 Å². The molecule has 34 heavy (non-hydrogen) atoms. The minimum absolute atomic E-state index is 0.0511. The van der Waals surface area contributed by atoms with E-state index < -0.39 is 15.8 Å². The van der Waals surface area contributed by atoms with Crippen molar-refractivity contribution in [1.82, 2.24) is 15.0 Å². The minimum atomic E-state index is -4.12. The van der Waals surface area contributed by atoms with Crippen molar-refractivity contribution in [2.45, 2.75) is 11.8 Å². The molecule has 5 aromatic rings. The zero-order valence-corrected chi connectivity index (χ0v) is 19.2. The number of nitrogens with one attached hydrogen (secondary N) is 1. The van der Waals surface area contributed by atoms with E-state index in [1.807, 2.05) is 18.2 Å². The van der Waals surface area contributed by atoms with Gasteiger partial charge in [-0.25, -0.2) is 22.8 Å². The number of anilines is 1. The monoisotopic (exact) mass is 494 g/mol. The van der Waals surface area contributed by atoms with Crippen LogP contribution < -0.4 is 4.72 Å².